The van der Waals surface area contributed by atoms with Gasteiger partial charge in [0.25, 0.3) is 11.4 Å². The number of nitro benzene ring substituents is 2. The smallest absolute Gasteiger partial charge is 0.269 e. The van der Waals surface area contributed by atoms with E-state index in [1.165, 1.54) is 18.2 Å². The molecule has 1 heterocycles. The van der Waals surface area contributed by atoms with Gasteiger partial charge in [-0.3, -0.25) is 20.2 Å². The zero-order valence-corrected chi connectivity index (χ0v) is 19.7. The highest BCUT2D eigenvalue weighted by Gasteiger charge is 2.34. The summed E-state index contributed by atoms with van der Waals surface area (Å²) in [5, 5.41) is 22.6. The highest BCUT2D eigenvalue weighted by Crippen LogP contribution is 2.42. The fourth-order valence-corrected chi connectivity index (χ4v) is 4.40. The predicted molar refractivity (Wildman–Crippen MR) is 135 cm³/mol. The third kappa shape index (κ3) is 4.50. The molecule has 1 unspecified atom stereocenters. The van der Waals surface area contributed by atoms with Gasteiger partial charge in [0.05, 0.1) is 15.5 Å². The Kier molecular flexibility index (Phi) is 6.13. The molecule has 1 aliphatic heterocycles. The van der Waals surface area contributed by atoms with Gasteiger partial charge in [0, 0.05) is 42.8 Å². The van der Waals surface area contributed by atoms with E-state index in [1.54, 1.807) is 24.3 Å². The van der Waals surface area contributed by atoms with Crippen molar-refractivity contribution in [2.24, 2.45) is 0 Å². The van der Waals surface area contributed by atoms with Gasteiger partial charge in [0.1, 0.15) is 0 Å². The topological polar surface area (TPSA) is 98.8 Å². The lowest BCUT2D eigenvalue weighted by molar-refractivity contribution is -0.385. The summed E-state index contributed by atoms with van der Waals surface area (Å²) in [6.45, 7) is 8.24. The predicted octanol–water partition coefficient (Wildman–Crippen LogP) is 6.24. The third-order valence-corrected chi connectivity index (χ3v) is 6.51. The fraction of sp³-hybridized carbons (Fsp3) is 0.185. The van der Waals surface area contributed by atoms with E-state index in [2.05, 4.69) is 6.58 Å². The minimum Gasteiger partial charge on any atom is -0.439 e. The lowest BCUT2D eigenvalue weighted by Crippen LogP contribution is -2.29. The number of hydrogen-bond donors (Lipinski definition) is 0. The van der Waals surface area contributed by atoms with Crippen LogP contribution in [0.25, 0.3) is 0 Å². The monoisotopic (exact) mass is 471 g/mol. The highest BCUT2D eigenvalue weighted by atomic mass is 16.6. The van der Waals surface area contributed by atoms with Crippen molar-refractivity contribution >= 4 is 17.1 Å². The number of benzene rings is 3. The average molecular weight is 472 g/mol. The molecule has 8 heteroatoms. The third-order valence-electron chi connectivity index (χ3n) is 6.51. The van der Waals surface area contributed by atoms with Crippen LogP contribution in [0.2, 0.25) is 0 Å². The van der Waals surface area contributed by atoms with Gasteiger partial charge in [-0.15, -0.1) is 0 Å². The van der Waals surface area contributed by atoms with E-state index < -0.39 is 15.3 Å². The van der Waals surface area contributed by atoms with E-state index in [4.69, 9.17) is 4.74 Å². The first-order chi connectivity index (χ1) is 16.6. The van der Waals surface area contributed by atoms with E-state index in [1.807, 2.05) is 56.1 Å². The molecule has 0 saturated heterocycles. The number of fused-ring (bicyclic) bond motifs is 1. The SMILES string of the molecule is C=C(/C=C1\Oc2ccccc2N1C)C(C)(Cc1ccc([N+](=O)[O-])cc1)c1cc([N+](=O)[O-])ccc1C. The molecule has 0 aromatic heterocycles. The Morgan fingerprint density at radius 2 is 1.66 bits per heavy atom. The fourth-order valence-electron chi connectivity index (χ4n) is 4.40. The Morgan fingerprint density at radius 1 is 1.03 bits per heavy atom. The van der Waals surface area contributed by atoms with Crippen molar-refractivity contribution in [2.75, 3.05) is 11.9 Å². The molecule has 3 aromatic carbocycles. The van der Waals surface area contributed by atoms with E-state index in [0.717, 1.165) is 28.1 Å². The zero-order chi connectivity index (χ0) is 25.3. The summed E-state index contributed by atoms with van der Waals surface area (Å²) in [4.78, 5) is 23.7. The van der Waals surface area contributed by atoms with Gasteiger partial charge in [-0.1, -0.05) is 43.8 Å². The van der Waals surface area contributed by atoms with Crippen LogP contribution in [0.15, 0.2) is 90.8 Å². The highest BCUT2D eigenvalue weighted by molar-refractivity contribution is 5.66. The standard InChI is InChI=1S/C27H25N3O5/c1-18-9-12-22(30(33)34)16-23(18)27(3,17-20-10-13-21(14-11-20)29(31)32)19(2)15-26-28(4)24-7-5-6-8-25(24)35-26/h5-16H,2,17H2,1,3-4H3/b26-15-. The van der Waals surface area contributed by atoms with Gasteiger partial charge >= 0.3 is 0 Å². The Labute approximate surface area is 203 Å². The van der Waals surface area contributed by atoms with Gasteiger partial charge < -0.3 is 9.64 Å². The number of nitro groups is 2. The molecule has 0 spiro atoms. The molecule has 0 bridgehead atoms. The number of ether oxygens (including phenoxy) is 1. The summed E-state index contributed by atoms with van der Waals surface area (Å²) in [6, 6.07) is 18.8. The zero-order valence-electron chi connectivity index (χ0n) is 19.7. The lowest BCUT2D eigenvalue weighted by Gasteiger charge is -2.33. The number of aryl methyl sites for hydroxylation is 1. The molecule has 0 saturated carbocycles. The number of rotatable bonds is 7. The molecule has 0 radical (unpaired) electrons. The summed E-state index contributed by atoms with van der Waals surface area (Å²) >= 11 is 0. The van der Waals surface area contributed by atoms with Crippen LogP contribution in [0.1, 0.15) is 23.6 Å². The first kappa shape index (κ1) is 23.7. The number of anilines is 1. The number of hydrogen-bond acceptors (Lipinski definition) is 6. The van der Waals surface area contributed by atoms with Crippen LogP contribution in [0.5, 0.6) is 5.75 Å². The van der Waals surface area contributed by atoms with Crippen molar-refractivity contribution in [1.82, 2.24) is 0 Å². The minimum absolute atomic E-state index is 0.00155. The maximum absolute atomic E-state index is 11.5. The van der Waals surface area contributed by atoms with Gasteiger partial charge in [0.15, 0.2) is 5.75 Å². The van der Waals surface area contributed by atoms with E-state index >= 15 is 0 Å². The summed E-state index contributed by atoms with van der Waals surface area (Å²) in [7, 11) is 1.90. The number of non-ortho nitro benzene ring substituents is 2. The Hall–Kier alpha value is -4.46. The minimum atomic E-state index is -0.766. The first-order valence-corrected chi connectivity index (χ1v) is 11.0. The van der Waals surface area contributed by atoms with E-state index in [9.17, 15) is 20.2 Å². The van der Waals surface area contributed by atoms with Gasteiger partial charge in [-0.2, -0.15) is 0 Å². The van der Waals surface area contributed by atoms with Crippen LogP contribution < -0.4 is 9.64 Å². The molecule has 8 nitrogen and oxygen atoms in total. The van der Waals surface area contributed by atoms with Crippen LogP contribution in [0.3, 0.4) is 0 Å². The second-order valence-corrected chi connectivity index (χ2v) is 8.83. The van der Waals surface area contributed by atoms with Crippen molar-refractivity contribution < 1.29 is 14.6 Å². The molecule has 0 N–H and O–H groups in total. The molecule has 3 aromatic rings. The molecular formula is C27H25N3O5. The molecular weight excluding hydrogens is 446 g/mol. The summed E-state index contributed by atoms with van der Waals surface area (Å²) in [5.74, 6) is 1.33. The maximum Gasteiger partial charge on any atom is 0.269 e. The lowest BCUT2D eigenvalue weighted by atomic mass is 9.70. The second-order valence-electron chi connectivity index (χ2n) is 8.83. The Morgan fingerprint density at radius 3 is 2.29 bits per heavy atom. The van der Waals surface area contributed by atoms with Crippen molar-refractivity contribution in [3.63, 3.8) is 0 Å². The van der Waals surface area contributed by atoms with Gasteiger partial charge in [-0.05, 0) is 47.7 Å². The largest absolute Gasteiger partial charge is 0.439 e. The molecule has 178 valence electrons. The maximum atomic E-state index is 11.5. The number of allylic oxidation sites excluding steroid dienone is 2. The molecule has 0 amide bonds. The first-order valence-electron chi connectivity index (χ1n) is 11.0. The summed E-state index contributed by atoms with van der Waals surface area (Å²) in [6.07, 6.45) is 2.27. The van der Waals surface area contributed by atoms with E-state index in [-0.39, 0.29) is 11.4 Å². The van der Waals surface area contributed by atoms with Crippen LogP contribution in [-0.2, 0) is 11.8 Å². The number of nitrogens with zero attached hydrogens (tertiary/aromatic N) is 3. The van der Waals surface area contributed by atoms with Crippen molar-refractivity contribution in [1.29, 1.82) is 0 Å². The molecule has 1 aliphatic rings. The summed E-state index contributed by atoms with van der Waals surface area (Å²) < 4.78 is 6.05. The normalized spacial score (nSPS) is 15.3. The molecule has 0 fully saturated rings. The quantitative estimate of drug-likeness (QED) is 0.299. The number of para-hydroxylation sites is 2. The van der Waals surface area contributed by atoms with Crippen LogP contribution in [0.4, 0.5) is 17.1 Å². The van der Waals surface area contributed by atoms with Crippen LogP contribution in [-0.4, -0.2) is 16.9 Å². The molecule has 0 aliphatic carbocycles. The Balaban J connectivity index is 1.79. The molecule has 1 atom stereocenters. The van der Waals surface area contributed by atoms with Crippen molar-refractivity contribution in [3.05, 3.63) is 128 Å². The molecule has 35 heavy (non-hydrogen) atoms. The Bertz CT molecular complexity index is 1360. The van der Waals surface area contributed by atoms with Crippen molar-refractivity contribution in [3.8, 4) is 5.75 Å². The summed E-state index contributed by atoms with van der Waals surface area (Å²) in [5.41, 5.74) is 3.31. The van der Waals surface area contributed by atoms with Gasteiger partial charge in [0.2, 0.25) is 5.88 Å². The van der Waals surface area contributed by atoms with Crippen LogP contribution >= 0.6 is 0 Å². The average Bonchev–Trinajstić information content (AvgIpc) is 3.14. The molecule has 4 rings (SSSR count). The second kappa shape index (κ2) is 9.06. The van der Waals surface area contributed by atoms with Crippen LogP contribution in [0, 0.1) is 27.2 Å². The van der Waals surface area contributed by atoms with Gasteiger partial charge in [-0.25, -0.2) is 0 Å². The van der Waals surface area contributed by atoms with E-state index in [0.29, 0.717) is 17.9 Å². The van der Waals surface area contributed by atoms with Crippen molar-refractivity contribution in [2.45, 2.75) is 25.7 Å².